The molecule has 1 aromatic carbocycles. The lowest BCUT2D eigenvalue weighted by Gasteiger charge is -2.21. The molecule has 0 bridgehead atoms. The summed E-state index contributed by atoms with van der Waals surface area (Å²) in [6, 6.07) is 7.97. The first-order chi connectivity index (χ1) is 8.49. The van der Waals surface area contributed by atoms with Gasteiger partial charge in [-0.25, -0.2) is 0 Å². The maximum absolute atomic E-state index is 12.1. The SMILES string of the molecule is CC(COC(F)F)(N=[N+]=[N-])C(=O)c1ccccc1. The van der Waals surface area contributed by atoms with Gasteiger partial charge < -0.3 is 4.74 Å². The van der Waals surface area contributed by atoms with Crippen molar-refractivity contribution in [2.24, 2.45) is 5.11 Å². The number of nitrogens with zero attached hydrogens (tertiary/aromatic N) is 3. The van der Waals surface area contributed by atoms with E-state index in [1.165, 1.54) is 19.1 Å². The molecule has 0 aliphatic carbocycles. The van der Waals surface area contributed by atoms with Gasteiger partial charge in [0.1, 0.15) is 5.54 Å². The van der Waals surface area contributed by atoms with E-state index >= 15 is 0 Å². The number of halogens is 2. The average Bonchev–Trinajstić information content (AvgIpc) is 2.37. The Labute approximate surface area is 102 Å². The number of rotatable bonds is 6. The standard InChI is InChI=1S/C11H11F2N3O2/c1-11(15-16-14,7-18-10(12)13)9(17)8-5-3-2-4-6-8/h2-6,10H,7H2,1H3. The number of alkyl halides is 2. The van der Waals surface area contributed by atoms with Crippen LogP contribution in [0.5, 0.6) is 0 Å². The van der Waals surface area contributed by atoms with E-state index in [4.69, 9.17) is 5.53 Å². The summed E-state index contributed by atoms with van der Waals surface area (Å²) in [5.74, 6) is -0.568. The van der Waals surface area contributed by atoms with Crippen molar-refractivity contribution < 1.29 is 18.3 Å². The number of hydrogen-bond donors (Lipinski definition) is 0. The van der Waals surface area contributed by atoms with Crippen LogP contribution in [-0.4, -0.2) is 24.5 Å². The highest BCUT2D eigenvalue weighted by atomic mass is 19.3. The number of carbonyl (C=O) groups is 1. The van der Waals surface area contributed by atoms with Crippen LogP contribution in [0.25, 0.3) is 10.4 Å². The van der Waals surface area contributed by atoms with Gasteiger partial charge in [-0.05, 0) is 12.5 Å². The summed E-state index contributed by atoms with van der Waals surface area (Å²) in [6.45, 7) is -2.45. The van der Waals surface area contributed by atoms with Crippen molar-refractivity contribution in [1.82, 2.24) is 0 Å². The average molecular weight is 255 g/mol. The minimum Gasteiger partial charge on any atom is -0.322 e. The Bertz CT molecular complexity index is 461. The summed E-state index contributed by atoms with van der Waals surface area (Å²) in [4.78, 5) is 14.6. The highest BCUT2D eigenvalue weighted by molar-refractivity contribution is 6.03. The Morgan fingerprint density at radius 2 is 2.11 bits per heavy atom. The molecule has 1 unspecified atom stereocenters. The highest BCUT2D eigenvalue weighted by Crippen LogP contribution is 2.20. The zero-order valence-corrected chi connectivity index (χ0v) is 9.59. The zero-order chi connectivity index (χ0) is 13.6. The predicted molar refractivity (Wildman–Crippen MR) is 60.3 cm³/mol. The number of carbonyl (C=O) groups excluding carboxylic acids is 1. The second kappa shape index (κ2) is 6.09. The van der Waals surface area contributed by atoms with Crippen molar-refractivity contribution in [2.75, 3.05) is 6.61 Å². The van der Waals surface area contributed by atoms with Crippen molar-refractivity contribution in [3.8, 4) is 0 Å². The van der Waals surface area contributed by atoms with Gasteiger partial charge in [0.05, 0.1) is 6.61 Å². The minimum absolute atomic E-state index is 0.269. The van der Waals surface area contributed by atoms with E-state index in [9.17, 15) is 13.6 Å². The number of azide groups is 1. The molecule has 0 spiro atoms. The number of hydrogen-bond acceptors (Lipinski definition) is 3. The van der Waals surface area contributed by atoms with Gasteiger partial charge in [0.15, 0.2) is 5.78 Å². The Kier molecular flexibility index (Phi) is 4.76. The molecular weight excluding hydrogens is 244 g/mol. The fourth-order valence-corrected chi connectivity index (χ4v) is 1.36. The first-order valence-corrected chi connectivity index (χ1v) is 5.05. The summed E-state index contributed by atoms with van der Waals surface area (Å²) < 4.78 is 28.1. The zero-order valence-electron chi connectivity index (χ0n) is 9.59. The Balaban J connectivity index is 2.97. The smallest absolute Gasteiger partial charge is 0.322 e. The molecule has 0 N–H and O–H groups in total. The van der Waals surface area contributed by atoms with Gasteiger partial charge in [-0.1, -0.05) is 35.4 Å². The monoisotopic (exact) mass is 255 g/mol. The molecule has 7 heteroatoms. The van der Waals surface area contributed by atoms with Crippen molar-refractivity contribution in [1.29, 1.82) is 0 Å². The van der Waals surface area contributed by atoms with Gasteiger partial charge in [0, 0.05) is 10.5 Å². The summed E-state index contributed by atoms with van der Waals surface area (Å²) in [6.07, 6.45) is 0. The number of Topliss-reactive ketones (excluding diaryl/α,β-unsaturated/α-hetero) is 1. The van der Waals surface area contributed by atoms with Crippen molar-refractivity contribution >= 4 is 5.78 Å². The molecular formula is C11H11F2N3O2. The van der Waals surface area contributed by atoms with E-state index in [1.54, 1.807) is 18.2 Å². The maximum atomic E-state index is 12.1. The molecule has 0 aromatic heterocycles. The lowest BCUT2D eigenvalue weighted by atomic mass is 9.93. The maximum Gasteiger partial charge on any atom is 0.345 e. The largest absolute Gasteiger partial charge is 0.345 e. The molecule has 0 heterocycles. The van der Waals surface area contributed by atoms with Crippen LogP contribution >= 0.6 is 0 Å². The Hall–Kier alpha value is -1.98. The molecule has 18 heavy (non-hydrogen) atoms. The van der Waals surface area contributed by atoms with E-state index in [0.717, 1.165) is 0 Å². The van der Waals surface area contributed by atoms with E-state index in [-0.39, 0.29) is 5.56 Å². The lowest BCUT2D eigenvalue weighted by molar-refractivity contribution is -0.136. The molecule has 5 nitrogen and oxygen atoms in total. The van der Waals surface area contributed by atoms with Crippen LogP contribution in [0.4, 0.5) is 8.78 Å². The fraction of sp³-hybridized carbons (Fsp3) is 0.364. The van der Waals surface area contributed by atoms with Crippen LogP contribution in [0, 0.1) is 0 Å². The fourth-order valence-electron chi connectivity index (χ4n) is 1.36. The van der Waals surface area contributed by atoms with Crippen molar-refractivity contribution in [2.45, 2.75) is 19.1 Å². The van der Waals surface area contributed by atoms with Gasteiger partial charge in [-0.3, -0.25) is 4.79 Å². The number of ether oxygens (including phenoxy) is 1. The van der Waals surface area contributed by atoms with Crippen LogP contribution in [0.1, 0.15) is 17.3 Å². The summed E-state index contributed by atoms with van der Waals surface area (Å²) in [5.41, 5.74) is 7.01. The van der Waals surface area contributed by atoms with Crippen LogP contribution in [-0.2, 0) is 4.74 Å². The molecule has 1 rings (SSSR count). The van der Waals surface area contributed by atoms with Crippen molar-refractivity contribution in [3.63, 3.8) is 0 Å². The van der Waals surface area contributed by atoms with Crippen LogP contribution in [0.2, 0.25) is 0 Å². The van der Waals surface area contributed by atoms with Crippen LogP contribution in [0.15, 0.2) is 35.4 Å². The molecule has 1 atom stereocenters. The van der Waals surface area contributed by atoms with E-state index < -0.39 is 24.5 Å². The number of ketones is 1. The van der Waals surface area contributed by atoms with Gasteiger partial charge in [-0.2, -0.15) is 8.78 Å². The predicted octanol–water partition coefficient (Wildman–Crippen LogP) is 3.18. The van der Waals surface area contributed by atoms with Gasteiger partial charge in [0.25, 0.3) is 0 Å². The lowest BCUT2D eigenvalue weighted by Crippen LogP contribution is -2.38. The molecule has 0 amide bonds. The summed E-state index contributed by atoms with van der Waals surface area (Å²) in [5, 5.41) is 3.28. The first-order valence-electron chi connectivity index (χ1n) is 5.05. The molecule has 0 aliphatic heterocycles. The quantitative estimate of drug-likeness (QED) is 0.339. The molecule has 0 saturated carbocycles. The minimum atomic E-state index is -3.03. The normalized spacial score (nSPS) is 13.8. The third-order valence-corrected chi connectivity index (χ3v) is 2.28. The third kappa shape index (κ3) is 3.51. The van der Waals surface area contributed by atoms with Crippen LogP contribution < -0.4 is 0 Å². The Morgan fingerprint density at radius 1 is 1.50 bits per heavy atom. The van der Waals surface area contributed by atoms with Crippen LogP contribution in [0.3, 0.4) is 0 Å². The first kappa shape index (κ1) is 14.1. The topological polar surface area (TPSA) is 75.1 Å². The van der Waals surface area contributed by atoms with Gasteiger partial charge >= 0.3 is 6.61 Å². The molecule has 0 radical (unpaired) electrons. The van der Waals surface area contributed by atoms with Gasteiger partial charge in [0.2, 0.25) is 0 Å². The molecule has 0 aliphatic rings. The molecule has 0 fully saturated rings. The van der Waals surface area contributed by atoms with E-state index in [1.807, 2.05) is 0 Å². The molecule has 1 aromatic rings. The molecule has 96 valence electrons. The summed E-state index contributed by atoms with van der Waals surface area (Å²) >= 11 is 0. The second-order valence-electron chi connectivity index (χ2n) is 3.73. The van der Waals surface area contributed by atoms with E-state index in [2.05, 4.69) is 14.8 Å². The van der Waals surface area contributed by atoms with E-state index in [0.29, 0.717) is 0 Å². The summed E-state index contributed by atoms with van der Waals surface area (Å²) in [7, 11) is 0. The van der Waals surface area contributed by atoms with Crippen molar-refractivity contribution in [3.05, 3.63) is 46.3 Å². The Morgan fingerprint density at radius 3 is 2.61 bits per heavy atom. The number of benzene rings is 1. The molecule has 0 saturated heterocycles. The highest BCUT2D eigenvalue weighted by Gasteiger charge is 2.34. The second-order valence-corrected chi connectivity index (χ2v) is 3.73. The third-order valence-electron chi connectivity index (χ3n) is 2.28. The van der Waals surface area contributed by atoms with Gasteiger partial charge in [-0.15, -0.1) is 0 Å².